The molecule has 0 aromatic rings. The number of likely N-dealkylation sites (tertiary alicyclic amines) is 2. The summed E-state index contributed by atoms with van der Waals surface area (Å²) in [5.74, 6) is -0.542. The number of rotatable bonds is 11. The van der Waals surface area contributed by atoms with E-state index in [1.807, 2.05) is 103 Å². The molecule has 0 saturated carbocycles. The standard InChI is InChI=1S/C34H62N4O6/c1-13-35(14-2)29(41)37-31(5,6)21-25(22-32(37,7)8)43-27(39)19-17-18-20-28(40)44-26-23-33(9,10)38(34(11,12)24-26)30(42)36(15-3)16-4/h25-26H,13-24H2,1-12H3. The Kier molecular flexibility index (Phi) is 12.6. The maximum absolute atomic E-state index is 13.3. The van der Waals surface area contributed by atoms with Crippen LogP contribution in [-0.2, 0) is 19.1 Å². The molecule has 2 saturated heterocycles. The predicted octanol–water partition coefficient (Wildman–Crippen LogP) is 6.60. The maximum atomic E-state index is 13.3. The van der Waals surface area contributed by atoms with Crippen molar-refractivity contribution in [3.8, 4) is 0 Å². The molecule has 254 valence electrons. The number of nitrogens with zero attached hydrogens (tertiary/aromatic N) is 4. The van der Waals surface area contributed by atoms with E-state index in [0.29, 0.717) is 64.7 Å². The molecule has 2 aliphatic rings. The van der Waals surface area contributed by atoms with E-state index in [4.69, 9.17) is 9.47 Å². The number of unbranched alkanes of at least 4 members (excludes halogenated alkanes) is 1. The zero-order valence-electron chi connectivity index (χ0n) is 29.9. The van der Waals surface area contributed by atoms with Crippen LogP contribution in [0.1, 0.15) is 134 Å². The summed E-state index contributed by atoms with van der Waals surface area (Å²) in [6, 6.07) is 0.0416. The number of hydrogen-bond donors (Lipinski definition) is 0. The molecule has 2 rings (SSSR count). The van der Waals surface area contributed by atoms with Crippen molar-refractivity contribution >= 4 is 24.0 Å². The Hall–Kier alpha value is -2.52. The first-order chi connectivity index (χ1) is 20.3. The first-order valence-electron chi connectivity index (χ1n) is 16.8. The summed E-state index contributed by atoms with van der Waals surface area (Å²) in [5, 5.41) is 0. The van der Waals surface area contributed by atoms with Gasteiger partial charge in [0.1, 0.15) is 12.2 Å². The van der Waals surface area contributed by atoms with E-state index in [2.05, 4.69) is 0 Å². The van der Waals surface area contributed by atoms with E-state index in [9.17, 15) is 19.2 Å². The molecule has 44 heavy (non-hydrogen) atoms. The van der Waals surface area contributed by atoms with Crippen molar-refractivity contribution in [2.75, 3.05) is 26.2 Å². The summed E-state index contributed by atoms with van der Waals surface area (Å²) in [7, 11) is 0. The van der Waals surface area contributed by atoms with Crippen LogP contribution in [0.25, 0.3) is 0 Å². The lowest BCUT2D eigenvalue weighted by molar-refractivity contribution is -0.160. The van der Waals surface area contributed by atoms with Crippen molar-refractivity contribution in [2.24, 2.45) is 0 Å². The minimum absolute atomic E-state index is 0.0208. The quantitative estimate of drug-likeness (QED) is 0.190. The van der Waals surface area contributed by atoms with Crippen LogP contribution in [0.2, 0.25) is 0 Å². The number of carbonyl (C=O) groups excluding carboxylic acids is 4. The predicted molar refractivity (Wildman–Crippen MR) is 173 cm³/mol. The molecule has 0 unspecified atom stereocenters. The lowest BCUT2D eigenvalue weighted by Gasteiger charge is -2.55. The normalized spacial score (nSPS) is 21.0. The molecule has 0 radical (unpaired) electrons. The summed E-state index contributed by atoms with van der Waals surface area (Å²) in [5.41, 5.74) is -1.86. The van der Waals surface area contributed by atoms with E-state index in [1.165, 1.54) is 0 Å². The number of ether oxygens (including phenoxy) is 2. The molecule has 2 heterocycles. The van der Waals surface area contributed by atoms with Crippen LogP contribution in [-0.4, -0.2) is 104 Å². The Labute approximate surface area is 267 Å². The smallest absolute Gasteiger partial charge is 0.320 e. The number of esters is 2. The Morgan fingerprint density at radius 2 is 0.795 bits per heavy atom. The third-order valence-corrected chi connectivity index (χ3v) is 9.39. The van der Waals surface area contributed by atoms with Crippen molar-refractivity contribution in [1.29, 1.82) is 0 Å². The van der Waals surface area contributed by atoms with Gasteiger partial charge in [0, 0.05) is 86.9 Å². The molecule has 4 amide bonds. The minimum atomic E-state index is -0.464. The third kappa shape index (κ3) is 9.03. The van der Waals surface area contributed by atoms with Gasteiger partial charge in [0.15, 0.2) is 0 Å². The molecule has 0 N–H and O–H groups in total. The molecule has 0 atom stereocenters. The van der Waals surface area contributed by atoms with Gasteiger partial charge in [-0.2, -0.15) is 0 Å². The second-order valence-corrected chi connectivity index (χ2v) is 15.1. The summed E-state index contributed by atoms with van der Waals surface area (Å²) in [4.78, 5) is 59.7. The molecule has 0 aliphatic carbocycles. The molecular formula is C34H62N4O6. The fraction of sp³-hybridized carbons (Fsp3) is 0.882. The largest absolute Gasteiger partial charge is 0.462 e. The number of carbonyl (C=O) groups is 4. The number of piperidine rings is 2. The monoisotopic (exact) mass is 622 g/mol. The first-order valence-corrected chi connectivity index (χ1v) is 16.8. The molecule has 2 aliphatic heterocycles. The van der Waals surface area contributed by atoms with Crippen molar-refractivity contribution in [1.82, 2.24) is 19.6 Å². The molecule has 0 aromatic carbocycles. The molecule has 0 aromatic heterocycles. The Bertz CT molecular complexity index is 899. The summed E-state index contributed by atoms with van der Waals surface area (Å²) >= 11 is 0. The van der Waals surface area contributed by atoms with Crippen molar-refractivity contribution in [3.63, 3.8) is 0 Å². The lowest BCUT2D eigenvalue weighted by atomic mass is 9.78. The van der Waals surface area contributed by atoms with Crippen LogP contribution < -0.4 is 0 Å². The van der Waals surface area contributed by atoms with Crippen LogP contribution in [0.3, 0.4) is 0 Å². The number of hydrogen-bond acceptors (Lipinski definition) is 6. The van der Waals surface area contributed by atoms with Gasteiger partial charge >= 0.3 is 24.0 Å². The van der Waals surface area contributed by atoms with Crippen LogP contribution in [0.4, 0.5) is 9.59 Å². The molecule has 10 heteroatoms. The Morgan fingerprint density at radius 1 is 0.545 bits per heavy atom. The summed E-state index contributed by atoms with van der Waals surface area (Å²) < 4.78 is 11.8. The fourth-order valence-corrected chi connectivity index (χ4v) is 7.88. The second kappa shape index (κ2) is 14.7. The van der Waals surface area contributed by atoms with E-state index in [0.717, 1.165) is 0 Å². The SMILES string of the molecule is CCN(CC)C(=O)N1C(C)(C)CC(OC(=O)CCCCC(=O)OC2CC(C)(C)N(C(=O)N(CC)CC)C(C)(C)C2)CC1(C)C. The van der Waals surface area contributed by atoms with Gasteiger partial charge in [0.2, 0.25) is 0 Å². The van der Waals surface area contributed by atoms with Crippen LogP contribution in [0.15, 0.2) is 0 Å². The van der Waals surface area contributed by atoms with E-state index < -0.39 is 22.2 Å². The Morgan fingerprint density at radius 3 is 1.02 bits per heavy atom. The summed E-state index contributed by atoms with van der Waals surface area (Å²) in [6.45, 7) is 26.8. The van der Waals surface area contributed by atoms with E-state index in [-0.39, 0.29) is 49.1 Å². The highest BCUT2D eigenvalue weighted by Gasteiger charge is 2.51. The highest BCUT2D eigenvalue weighted by atomic mass is 16.5. The average molecular weight is 623 g/mol. The topological polar surface area (TPSA) is 99.7 Å². The maximum Gasteiger partial charge on any atom is 0.320 e. The van der Waals surface area contributed by atoms with E-state index >= 15 is 0 Å². The molecular weight excluding hydrogens is 560 g/mol. The zero-order valence-corrected chi connectivity index (χ0v) is 29.9. The zero-order chi connectivity index (χ0) is 33.7. The molecule has 0 bridgehead atoms. The van der Waals surface area contributed by atoms with Crippen molar-refractivity contribution in [2.45, 2.75) is 169 Å². The van der Waals surface area contributed by atoms with Crippen molar-refractivity contribution in [3.05, 3.63) is 0 Å². The van der Waals surface area contributed by atoms with Gasteiger partial charge in [-0.25, -0.2) is 9.59 Å². The van der Waals surface area contributed by atoms with Gasteiger partial charge in [-0.3, -0.25) is 9.59 Å². The fourth-order valence-electron chi connectivity index (χ4n) is 7.88. The highest BCUT2D eigenvalue weighted by Crippen LogP contribution is 2.42. The number of amides is 4. The van der Waals surface area contributed by atoms with Gasteiger partial charge in [-0.15, -0.1) is 0 Å². The van der Waals surface area contributed by atoms with Crippen LogP contribution >= 0.6 is 0 Å². The first kappa shape index (κ1) is 37.7. The van der Waals surface area contributed by atoms with Gasteiger partial charge < -0.3 is 29.1 Å². The van der Waals surface area contributed by atoms with Gasteiger partial charge in [0.25, 0.3) is 0 Å². The minimum Gasteiger partial charge on any atom is -0.462 e. The second-order valence-electron chi connectivity index (χ2n) is 15.1. The molecule has 2 fully saturated rings. The lowest BCUT2D eigenvalue weighted by Crippen LogP contribution is -2.66. The number of urea groups is 2. The molecule has 10 nitrogen and oxygen atoms in total. The molecule has 0 spiro atoms. The van der Waals surface area contributed by atoms with Gasteiger partial charge in [0.05, 0.1) is 0 Å². The van der Waals surface area contributed by atoms with Gasteiger partial charge in [-0.05, 0) is 95.9 Å². The highest BCUT2D eigenvalue weighted by molar-refractivity contribution is 5.77. The van der Waals surface area contributed by atoms with Crippen LogP contribution in [0.5, 0.6) is 0 Å². The van der Waals surface area contributed by atoms with E-state index in [1.54, 1.807) is 0 Å². The van der Waals surface area contributed by atoms with Gasteiger partial charge in [-0.1, -0.05) is 0 Å². The summed E-state index contributed by atoms with van der Waals surface area (Å²) in [6.07, 6.45) is 3.30. The average Bonchev–Trinajstić information content (AvgIpc) is 2.85. The Balaban J connectivity index is 1.85. The van der Waals surface area contributed by atoms with Crippen LogP contribution in [0, 0.1) is 0 Å². The third-order valence-electron chi connectivity index (χ3n) is 9.39. The van der Waals surface area contributed by atoms with Crippen molar-refractivity contribution < 1.29 is 28.7 Å².